The molecule has 30 heavy (non-hydrogen) atoms. The van der Waals surface area contributed by atoms with Gasteiger partial charge in [0.2, 0.25) is 5.91 Å². The molecule has 0 radical (unpaired) electrons. The largest absolute Gasteiger partial charge is 0.481 e. The van der Waals surface area contributed by atoms with E-state index in [1.165, 1.54) is 11.8 Å². The molecular weight excluding hydrogens is 443 g/mol. The van der Waals surface area contributed by atoms with Crippen LogP contribution >= 0.6 is 35.0 Å². The van der Waals surface area contributed by atoms with Crippen molar-refractivity contribution < 1.29 is 9.53 Å². The van der Waals surface area contributed by atoms with Crippen molar-refractivity contribution in [1.29, 1.82) is 0 Å². The molecule has 0 saturated carbocycles. The van der Waals surface area contributed by atoms with Crippen molar-refractivity contribution in [2.45, 2.75) is 38.6 Å². The molecule has 9 heteroatoms. The third-order valence-electron chi connectivity index (χ3n) is 4.35. The van der Waals surface area contributed by atoms with Crippen LogP contribution in [-0.4, -0.2) is 26.4 Å². The van der Waals surface area contributed by atoms with Gasteiger partial charge in [-0.2, -0.15) is 0 Å². The van der Waals surface area contributed by atoms with E-state index in [1.807, 2.05) is 55.7 Å². The maximum absolute atomic E-state index is 12.3. The van der Waals surface area contributed by atoms with Crippen LogP contribution in [0.1, 0.15) is 31.3 Å². The van der Waals surface area contributed by atoms with Gasteiger partial charge >= 0.3 is 0 Å². The lowest BCUT2D eigenvalue weighted by Gasteiger charge is -2.16. The first kappa shape index (κ1) is 22.5. The average Bonchev–Trinajstić information content (AvgIpc) is 3.14. The van der Waals surface area contributed by atoms with Crippen molar-refractivity contribution >= 4 is 46.6 Å². The van der Waals surface area contributed by atoms with Gasteiger partial charge < -0.3 is 14.6 Å². The predicted octanol–water partition coefficient (Wildman–Crippen LogP) is 5.78. The van der Waals surface area contributed by atoms with E-state index in [9.17, 15) is 4.79 Å². The lowest BCUT2D eigenvalue weighted by molar-refractivity contribution is -0.113. The molecule has 2 aromatic carbocycles. The number of para-hydroxylation sites is 1. The molecule has 0 spiro atoms. The topological polar surface area (TPSA) is 69.0 Å². The zero-order valence-electron chi connectivity index (χ0n) is 16.9. The zero-order valence-corrected chi connectivity index (χ0v) is 19.2. The van der Waals surface area contributed by atoms with Crippen LogP contribution < -0.4 is 10.1 Å². The molecule has 1 heterocycles. The molecular formula is C21H22Cl2N4O2S. The molecule has 0 saturated heterocycles. The Morgan fingerprint density at radius 1 is 1.20 bits per heavy atom. The summed E-state index contributed by atoms with van der Waals surface area (Å²) >= 11 is 13.6. The molecule has 1 atom stereocenters. The number of ether oxygens (including phenoxy) is 1. The van der Waals surface area contributed by atoms with Crippen LogP contribution in [0.2, 0.25) is 10.0 Å². The van der Waals surface area contributed by atoms with Crippen LogP contribution in [0.3, 0.4) is 0 Å². The van der Waals surface area contributed by atoms with Gasteiger partial charge in [-0.3, -0.25) is 4.79 Å². The third kappa shape index (κ3) is 5.47. The Kier molecular flexibility index (Phi) is 7.64. The molecule has 0 unspecified atom stereocenters. The number of benzene rings is 2. The maximum Gasteiger partial charge on any atom is 0.234 e. The molecule has 0 fully saturated rings. The fraction of sp³-hybridized carbons (Fsp3) is 0.286. The minimum atomic E-state index is -0.352. The summed E-state index contributed by atoms with van der Waals surface area (Å²) < 4.78 is 7.89. The van der Waals surface area contributed by atoms with Crippen LogP contribution in [0.15, 0.2) is 47.6 Å². The second-order valence-electron chi connectivity index (χ2n) is 6.58. The van der Waals surface area contributed by atoms with Gasteiger partial charge in [0.25, 0.3) is 0 Å². The monoisotopic (exact) mass is 464 g/mol. The minimum Gasteiger partial charge on any atom is -0.481 e. The predicted molar refractivity (Wildman–Crippen MR) is 122 cm³/mol. The molecule has 0 aliphatic heterocycles. The first-order valence-corrected chi connectivity index (χ1v) is 11.2. The Labute approximate surface area is 189 Å². The fourth-order valence-corrected chi connectivity index (χ4v) is 3.96. The first-order valence-electron chi connectivity index (χ1n) is 9.42. The van der Waals surface area contributed by atoms with Gasteiger partial charge in [-0.25, -0.2) is 0 Å². The van der Waals surface area contributed by atoms with Crippen LogP contribution in [0.4, 0.5) is 5.69 Å². The van der Waals surface area contributed by atoms with Crippen LogP contribution in [-0.2, 0) is 11.3 Å². The van der Waals surface area contributed by atoms with E-state index in [4.69, 9.17) is 27.9 Å². The average molecular weight is 465 g/mol. The van der Waals surface area contributed by atoms with Crippen molar-refractivity contribution in [3.8, 4) is 5.75 Å². The smallest absolute Gasteiger partial charge is 0.234 e. The number of thioether (sulfide) groups is 1. The summed E-state index contributed by atoms with van der Waals surface area (Å²) in [4.78, 5) is 12.3. The van der Waals surface area contributed by atoms with Crippen molar-refractivity contribution in [2.24, 2.45) is 0 Å². The Bertz CT molecular complexity index is 1040. The van der Waals surface area contributed by atoms with E-state index in [0.29, 0.717) is 39.0 Å². The number of halogens is 2. The highest BCUT2D eigenvalue weighted by Gasteiger charge is 2.20. The second-order valence-corrected chi connectivity index (χ2v) is 8.33. The number of aryl methyl sites for hydroxylation is 1. The van der Waals surface area contributed by atoms with Crippen LogP contribution in [0.5, 0.6) is 5.75 Å². The Morgan fingerprint density at radius 3 is 2.67 bits per heavy atom. The fourth-order valence-electron chi connectivity index (χ4n) is 2.79. The summed E-state index contributed by atoms with van der Waals surface area (Å²) in [6.45, 7) is 6.45. The van der Waals surface area contributed by atoms with Crippen molar-refractivity contribution in [3.05, 3.63) is 63.9 Å². The lowest BCUT2D eigenvalue weighted by atomic mass is 10.2. The summed E-state index contributed by atoms with van der Waals surface area (Å²) in [5.41, 5.74) is 1.62. The third-order valence-corrected chi connectivity index (χ3v) is 6.04. The molecule has 0 aliphatic carbocycles. The van der Waals surface area contributed by atoms with Crippen LogP contribution in [0.25, 0.3) is 0 Å². The number of carbonyl (C=O) groups is 1. The zero-order chi connectivity index (χ0) is 21.7. The van der Waals surface area contributed by atoms with Gasteiger partial charge in [0.1, 0.15) is 5.75 Å². The van der Waals surface area contributed by atoms with E-state index in [1.54, 1.807) is 12.1 Å². The lowest BCUT2D eigenvalue weighted by Crippen LogP contribution is -2.15. The number of hydrogen-bond donors (Lipinski definition) is 1. The first-order chi connectivity index (χ1) is 14.4. The van der Waals surface area contributed by atoms with Crippen molar-refractivity contribution in [2.75, 3.05) is 11.1 Å². The molecule has 1 aromatic heterocycles. The summed E-state index contributed by atoms with van der Waals surface area (Å²) in [6, 6.07) is 12.7. The molecule has 1 N–H and O–H groups in total. The maximum atomic E-state index is 12.3. The molecule has 3 rings (SSSR count). The minimum absolute atomic E-state index is 0.146. The van der Waals surface area contributed by atoms with E-state index in [-0.39, 0.29) is 17.8 Å². The number of rotatable bonds is 8. The normalized spacial score (nSPS) is 11.9. The van der Waals surface area contributed by atoms with Gasteiger partial charge in [-0.15, -0.1) is 10.2 Å². The Morgan fingerprint density at radius 2 is 1.97 bits per heavy atom. The number of carbonyl (C=O) groups excluding carboxylic acids is 1. The summed E-state index contributed by atoms with van der Waals surface area (Å²) in [5, 5.41) is 13.2. The Hall–Kier alpha value is -2.22. The molecule has 1 amide bonds. The standard InChI is InChI=1S/C21H22Cl2N4O2S/c1-4-27-20(14(3)29-18-8-6-5-7-16(18)22)25-26-21(27)30-12-19(28)24-15-10-9-13(2)17(23)11-15/h5-11,14H,4,12H2,1-3H3,(H,24,28)/t14-/m0/s1. The number of aromatic nitrogens is 3. The number of nitrogens with zero attached hydrogens (tertiary/aromatic N) is 3. The SMILES string of the molecule is CCn1c(SCC(=O)Nc2ccc(C)c(Cl)c2)nnc1[C@H](C)Oc1ccccc1Cl. The van der Waals surface area contributed by atoms with Crippen molar-refractivity contribution in [1.82, 2.24) is 14.8 Å². The molecule has 3 aromatic rings. The molecule has 0 aliphatic rings. The summed E-state index contributed by atoms with van der Waals surface area (Å²) in [6.07, 6.45) is -0.352. The van der Waals surface area contributed by atoms with Gasteiger partial charge in [0.05, 0.1) is 10.8 Å². The molecule has 0 bridgehead atoms. The molecule has 158 valence electrons. The highest BCUT2D eigenvalue weighted by atomic mass is 35.5. The van der Waals surface area contributed by atoms with E-state index in [0.717, 1.165) is 5.56 Å². The quantitative estimate of drug-likeness (QED) is 0.427. The van der Waals surface area contributed by atoms with Crippen LogP contribution in [0, 0.1) is 6.92 Å². The second kappa shape index (κ2) is 10.2. The van der Waals surface area contributed by atoms with E-state index < -0.39 is 0 Å². The Balaban J connectivity index is 1.64. The summed E-state index contributed by atoms with van der Waals surface area (Å²) in [5.74, 6) is 1.31. The number of anilines is 1. The van der Waals surface area contributed by atoms with Gasteiger partial charge in [-0.05, 0) is 50.6 Å². The molecule has 6 nitrogen and oxygen atoms in total. The number of amides is 1. The van der Waals surface area contributed by atoms with Gasteiger partial charge in [-0.1, -0.05) is 53.2 Å². The van der Waals surface area contributed by atoms with E-state index in [2.05, 4.69) is 15.5 Å². The highest BCUT2D eigenvalue weighted by molar-refractivity contribution is 7.99. The highest BCUT2D eigenvalue weighted by Crippen LogP contribution is 2.29. The van der Waals surface area contributed by atoms with Gasteiger partial charge in [0, 0.05) is 17.3 Å². The van der Waals surface area contributed by atoms with Crippen molar-refractivity contribution in [3.63, 3.8) is 0 Å². The number of nitrogens with one attached hydrogen (secondary N) is 1. The van der Waals surface area contributed by atoms with E-state index >= 15 is 0 Å². The number of hydrogen-bond acceptors (Lipinski definition) is 5. The van der Waals surface area contributed by atoms with Gasteiger partial charge in [0.15, 0.2) is 17.1 Å². The summed E-state index contributed by atoms with van der Waals surface area (Å²) in [7, 11) is 0.